The summed E-state index contributed by atoms with van der Waals surface area (Å²) in [7, 11) is -4.33. The van der Waals surface area contributed by atoms with Gasteiger partial charge in [-0.15, -0.1) is 0 Å². The lowest BCUT2D eigenvalue weighted by molar-refractivity contribution is -0.160. The first-order valence-corrected chi connectivity index (χ1v) is 17.2. The maximum Gasteiger partial charge on any atom is 0.411 e. The van der Waals surface area contributed by atoms with Crippen LogP contribution < -0.4 is 4.72 Å². The SMILES string of the molecule is CCOC(=O)C(Cc1ccccc1)(C(NS(=O)(=O)c1ccc(C)cc1)c1ccccc1Cl)N(Cc1ccccc1)C(=O)OC(C)(C)C. The molecule has 0 heterocycles. The average Bonchev–Trinajstić information content (AvgIpc) is 3.02. The molecule has 0 spiro atoms. The van der Waals surface area contributed by atoms with Gasteiger partial charge < -0.3 is 9.47 Å². The summed E-state index contributed by atoms with van der Waals surface area (Å²) >= 11 is 6.83. The number of aryl methyl sites for hydroxylation is 1. The van der Waals surface area contributed by atoms with Crippen LogP contribution in [0.4, 0.5) is 4.79 Å². The van der Waals surface area contributed by atoms with Gasteiger partial charge in [-0.3, -0.25) is 4.90 Å². The third kappa shape index (κ3) is 8.80. The normalized spacial score (nSPS) is 13.7. The first kappa shape index (κ1) is 35.7. The Morgan fingerprint density at radius 3 is 1.94 bits per heavy atom. The van der Waals surface area contributed by atoms with Gasteiger partial charge in [0.05, 0.1) is 24.1 Å². The van der Waals surface area contributed by atoms with E-state index in [1.807, 2.05) is 55.5 Å². The van der Waals surface area contributed by atoms with Crippen LogP contribution in [0.3, 0.4) is 0 Å². The monoisotopic (exact) mass is 676 g/mol. The molecule has 2 unspecified atom stereocenters. The maximum absolute atomic E-state index is 14.8. The van der Waals surface area contributed by atoms with Crippen molar-refractivity contribution >= 4 is 33.7 Å². The molecule has 0 aromatic heterocycles. The first-order valence-electron chi connectivity index (χ1n) is 15.4. The summed E-state index contributed by atoms with van der Waals surface area (Å²) in [5.41, 5.74) is -0.544. The molecule has 10 heteroatoms. The lowest BCUT2D eigenvalue weighted by atomic mass is 9.78. The second-order valence-corrected chi connectivity index (χ2v) is 14.4. The predicted octanol–water partition coefficient (Wildman–Crippen LogP) is 7.65. The molecule has 47 heavy (non-hydrogen) atoms. The Morgan fingerprint density at radius 1 is 0.830 bits per heavy atom. The van der Waals surface area contributed by atoms with E-state index in [4.69, 9.17) is 21.1 Å². The van der Waals surface area contributed by atoms with Crippen LogP contribution in [0.5, 0.6) is 0 Å². The molecule has 0 aliphatic rings. The van der Waals surface area contributed by atoms with Crippen LogP contribution in [0.25, 0.3) is 0 Å². The summed E-state index contributed by atoms with van der Waals surface area (Å²) in [5.74, 6) is -0.831. The Balaban J connectivity index is 2.11. The Kier molecular flexibility index (Phi) is 11.5. The van der Waals surface area contributed by atoms with Gasteiger partial charge in [0.25, 0.3) is 0 Å². The second-order valence-electron chi connectivity index (χ2n) is 12.2. The van der Waals surface area contributed by atoms with Gasteiger partial charge in [0, 0.05) is 11.4 Å². The van der Waals surface area contributed by atoms with Crippen molar-refractivity contribution in [1.82, 2.24) is 9.62 Å². The molecule has 0 saturated heterocycles. The van der Waals surface area contributed by atoms with E-state index in [1.54, 1.807) is 76.2 Å². The van der Waals surface area contributed by atoms with E-state index in [-0.39, 0.29) is 35.1 Å². The predicted molar refractivity (Wildman–Crippen MR) is 183 cm³/mol. The lowest BCUT2D eigenvalue weighted by Crippen LogP contribution is -2.65. The molecule has 4 aromatic rings. The minimum atomic E-state index is -4.33. The van der Waals surface area contributed by atoms with Gasteiger partial charge in [0.1, 0.15) is 5.60 Å². The van der Waals surface area contributed by atoms with Crippen molar-refractivity contribution in [1.29, 1.82) is 0 Å². The average molecular weight is 677 g/mol. The summed E-state index contributed by atoms with van der Waals surface area (Å²) in [6.07, 6.45) is -0.984. The molecule has 0 saturated carbocycles. The molecule has 4 aromatic carbocycles. The highest BCUT2D eigenvalue weighted by atomic mass is 35.5. The topological polar surface area (TPSA) is 102 Å². The van der Waals surface area contributed by atoms with Gasteiger partial charge in [0.15, 0.2) is 5.54 Å². The molecule has 0 radical (unpaired) electrons. The molecule has 0 bridgehead atoms. The molecular formula is C37H41ClN2O6S. The van der Waals surface area contributed by atoms with Gasteiger partial charge in [0.2, 0.25) is 10.0 Å². The molecule has 2 atom stereocenters. The van der Waals surface area contributed by atoms with Crippen LogP contribution in [0.2, 0.25) is 5.02 Å². The van der Waals surface area contributed by atoms with Gasteiger partial charge in [-0.05, 0) is 69.5 Å². The number of halogens is 1. The van der Waals surface area contributed by atoms with Crippen molar-refractivity contribution in [2.45, 2.75) is 69.7 Å². The van der Waals surface area contributed by atoms with Crippen LogP contribution in [0.15, 0.2) is 114 Å². The number of esters is 1. The number of carbonyl (C=O) groups is 2. The largest absolute Gasteiger partial charge is 0.464 e. The van der Waals surface area contributed by atoms with E-state index >= 15 is 0 Å². The van der Waals surface area contributed by atoms with Crippen molar-refractivity contribution in [2.75, 3.05) is 6.61 Å². The molecule has 0 aliphatic heterocycles. The number of nitrogens with one attached hydrogen (secondary N) is 1. The van der Waals surface area contributed by atoms with Crippen LogP contribution in [0.1, 0.15) is 56.0 Å². The molecular weight excluding hydrogens is 636 g/mol. The molecule has 4 rings (SSSR count). The fourth-order valence-electron chi connectivity index (χ4n) is 5.34. The van der Waals surface area contributed by atoms with Crippen LogP contribution in [-0.2, 0) is 37.3 Å². The van der Waals surface area contributed by atoms with Gasteiger partial charge in [-0.2, -0.15) is 0 Å². The van der Waals surface area contributed by atoms with Gasteiger partial charge in [-0.25, -0.2) is 22.7 Å². The van der Waals surface area contributed by atoms with Crippen molar-refractivity contribution < 1.29 is 27.5 Å². The van der Waals surface area contributed by atoms with Crippen molar-refractivity contribution in [3.05, 3.63) is 136 Å². The highest BCUT2D eigenvalue weighted by Crippen LogP contribution is 2.42. The third-order valence-electron chi connectivity index (χ3n) is 7.52. The van der Waals surface area contributed by atoms with E-state index < -0.39 is 39.3 Å². The van der Waals surface area contributed by atoms with Gasteiger partial charge in [-0.1, -0.05) is 108 Å². The zero-order valence-corrected chi connectivity index (χ0v) is 28.8. The minimum absolute atomic E-state index is 0.0236. The second kappa shape index (κ2) is 15.2. The van der Waals surface area contributed by atoms with Crippen LogP contribution >= 0.6 is 11.6 Å². The molecule has 0 aliphatic carbocycles. The highest BCUT2D eigenvalue weighted by Gasteiger charge is 2.57. The fraction of sp³-hybridized carbons (Fsp3) is 0.297. The molecule has 1 amide bonds. The summed E-state index contributed by atoms with van der Waals surface area (Å²) in [6.45, 7) is 8.52. The highest BCUT2D eigenvalue weighted by molar-refractivity contribution is 7.89. The number of carbonyl (C=O) groups excluding carboxylic acids is 2. The number of hydrogen-bond donors (Lipinski definition) is 1. The lowest BCUT2D eigenvalue weighted by Gasteiger charge is -2.47. The zero-order valence-electron chi connectivity index (χ0n) is 27.3. The Bertz CT molecular complexity index is 1760. The summed E-state index contributed by atoms with van der Waals surface area (Å²) in [4.78, 5) is 30.6. The molecule has 1 N–H and O–H groups in total. The van der Waals surface area contributed by atoms with E-state index in [0.717, 1.165) is 5.56 Å². The summed E-state index contributed by atoms with van der Waals surface area (Å²) in [5, 5.41) is 0.190. The number of amides is 1. The molecule has 8 nitrogen and oxygen atoms in total. The molecule has 248 valence electrons. The quantitative estimate of drug-likeness (QED) is 0.155. The number of hydrogen-bond acceptors (Lipinski definition) is 6. The smallest absolute Gasteiger partial charge is 0.411 e. The van der Waals surface area contributed by atoms with E-state index in [0.29, 0.717) is 11.1 Å². The number of sulfonamides is 1. The van der Waals surface area contributed by atoms with E-state index in [1.165, 1.54) is 17.0 Å². The first-order chi connectivity index (χ1) is 22.3. The standard InChI is InChI=1S/C37H41ClN2O6S/c1-6-45-34(41)37(25-28-15-9-7-10-16-28,40(35(42)46-36(3,4)5)26-29-17-11-8-12-18-29)33(31-19-13-14-20-32(31)38)39-47(43,44)30-23-21-27(2)22-24-30/h7-24,33,39H,6,25-26H2,1-5H3. The van der Waals surface area contributed by atoms with Crippen molar-refractivity contribution in [2.24, 2.45) is 0 Å². The number of ether oxygens (including phenoxy) is 2. The van der Waals surface area contributed by atoms with E-state index in [9.17, 15) is 18.0 Å². The van der Waals surface area contributed by atoms with Crippen molar-refractivity contribution in [3.63, 3.8) is 0 Å². The van der Waals surface area contributed by atoms with Crippen molar-refractivity contribution in [3.8, 4) is 0 Å². The number of nitrogens with zero attached hydrogens (tertiary/aromatic N) is 1. The fourth-order valence-corrected chi connectivity index (χ4v) is 6.84. The Hall–Kier alpha value is -4.18. The molecule has 0 fully saturated rings. The van der Waals surface area contributed by atoms with E-state index in [2.05, 4.69) is 4.72 Å². The van der Waals surface area contributed by atoms with Crippen LogP contribution in [0, 0.1) is 6.92 Å². The maximum atomic E-state index is 14.8. The van der Waals surface area contributed by atoms with Crippen LogP contribution in [-0.4, -0.2) is 43.1 Å². The zero-order chi connectivity index (χ0) is 34.2. The minimum Gasteiger partial charge on any atom is -0.464 e. The Labute approximate surface area is 282 Å². The number of benzene rings is 4. The van der Waals surface area contributed by atoms with Gasteiger partial charge >= 0.3 is 12.1 Å². The summed E-state index contributed by atoms with van der Waals surface area (Å²) in [6, 6.07) is 29.7. The third-order valence-corrected chi connectivity index (χ3v) is 9.31. The number of rotatable bonds is 12. The Morgan fingerprint density at radius 2 is 1.38 bits per heavy atom. The summed E-state index contributed by atoms with van der Waals surface area (Å²) < 4.78 is 43.1.